The fourth-order valence-corrected chi connectivity index (χ4v) is 2.58. The number of hydrogen-bond acceptors (Lipinski definition) is 3. The molecular weight excluding hydrogens is 234 g/mol. The van der Waals surface area contributed by atoms with Crippen LogP contribution >= 0.6 is 11.3 Å². The van der Waals surface area contributed by atoms with Crippen LogP contribution in [0.25, 0.3) is 10.1 Å². The van der Waals surface area contributed by atoms with E-state index in [9.17, 15) is 4.79 Å². The Morgan fingerprint density at radius 2 is 2.24 bits per heavy atom. The number of aliphatic hydroxyl groups is 1. The molecule has 2 aromatic rings. The van der Waals surface area contributed by atoms with Crippen LogP contribution in [0.3, 0.4) is 0 Å². The minimum absolute atomic E-state index is 0.0666. The standard InChI is InChI=1S/C13H15NO2S/c1-9(15)6-7-14-13(16)11-8-17-12-5-3-2-4-10(11)12/h2-5,8-9,15H,6-7H2,1H3,(H,14,16). The van der Waals surface area contributed by atoms with Gasteiger partial charge in [-0.25, -0.2) is 0 Å². The minimum atomic E-state index is -0.380. The third-order valence-corrected chi connectivity index (χ3v) is 3.54. The van der Waals surface area contributed by atoms with Gasteiger partial charge in [0, 0.05) is 22.0 Å². The van der Waals surface area contributed by atoms with E-state index in [1.165, 1.54) is 0 Å². The summed E-state index contributed by atoms with van der Waals surface area (Å²) in [6.45, 7) is 2.22. The van der Waals surface area contributed by atoms with Crippen molar-refractivity contribution in [1.29, 1.82) is 0 Å². The van der Waals surface area contributed by atoms with Gasteiger partial charge >= 0.3 is 0 Å². The van der Waals surface area contributed by atoms with E-state index in [1.54, 1.807) is 18.3 Å². The lowest BCUT2D eigenvalue weighted by Gasteiger charge is -2.06. The molecule has 0 fully saturated rings. The Bertz CT molecular complexity index is 519. The zero-order valence-corrected chi connectivity index (χ0v) is 10.5. The molecule has 17 heavy (non-hydrogen) atoms. The Labute approximate surface area is 104 Å². The molecule has 4 heteroatoms. The molecule has 0 saturated carbocycles. The van der Waals surface area contributed by atoms with Crippen LogP contribution in [0.5, 0.6) is 0 Å². The summed E-state index contributed by atoms with van der Waals surface area (Å²) in [7, 11) is 0. The molecule has 0 bridgehead atoms. The molecule has 1 unspecified atom stereocenters. The highest BCUT2D eigenvalue weighted by Gasteiger charge is 2.11. The molecule has 0 saturated heterocycles. The highest BCUT2D eigenvalue weighted by molar-refractivity contribution is 7.17. The highest BCUT2D eigenvalue weighted by Crippen LogP contribution is 2.25. The van der Waals surface area contributed by atoms with Crippen molar-refractivity contribution in [1.82, 2.24) is 5.32 Å². The average molecular weight is 249 g/mol. The molecule has 1 aromatic heterocycles. The van der Waals surface area contributed by atoms with Crippen LogP contribution in [0.1, 0.15) is 23.7 Å². The van der Waals surface area contributed by atoms with E-state index in [0.29, 0.717) is 13.0 Å². The Morgan fingerprint density at radius 3 is 3.00 bits per heavy atom. The number of rotatable bonds is 4. The van der Waals surface area contributed by atoms with E-state index >= 15 is 0 Å². The van der Waals surface area contributed by atoms with E-state index in [1.807, 2.05) is 29.6 Å². The molecule has 0 spiro atoms. The number of carbonyl (C=O) groups excluding carboxylic acids is 1. The lowest BCUT2D eigenvalue weighted by molar-refractivity contribution is 0.0947. The Balaban J connectivity index is 2.09. The topological polar surface area (TPSA) is 49.3 Å². The fraction of sp³-hybridized carbons (Fsp3) is 0.308. The number of amides is 1. The van der Waals surface area contributed by atoms with E-state index in [-0.39, 0.29) is 12.0 Å². The highest BCUT2D eigenvalue weighted by atomic mass is 32.1. The second kappa shape index (κ2) is 5.29. The van der Waals surface area contributed by atoms with Gasteiger partial charge in [-0.05, 0) is 19.4 Å². The number of thiophene rings is 1. The summed E-state index contributed by atoms with van der Waals surface area (Å²) < 4.78 is 1.12. The van der Waals surface area contributed by atoms with Crippen molar-refractivity contribution in [3.63, 3.8) is 0 Å². The predicted molar refractivity (Wildman–Crippen MR) is 70.5 cm³/mol. The zero-order valence-electron chi connectivity index (χ0n) is 9.64. The monoisotopic (exact) mass is 249 g/mol. The van der Waals surface area contributed by atoms with Crippen LogP contribution in [0.2, 0.25) is 0 Å². The van der Waals surface area contributed by atoms with Gasteiger partial charge in [-0.3, -0.25) is 4.79 Å². The third-order valence-electron chi connectivity index (χ3n) is 2.57. The van der Waals surface area contributed by atoms with Crippen molar-refractivity contribution in [2.75, 3.05) is 6.54 Å². The number of aliphatic hydroxyl groups excluding tert-OH is 1. The van der Waals surface area contributed by atoms with E-state index in [4.69, 9.17) is 5.11 Å². The number of fused-ring (bicyclic) bond motifs is 1. The molecule has 90 valence electrons. The number of hydrogen-bond donors (Lipinski definition) is 2. The molecule has 1 aromatic carbocycles. The van der Waals surface area contributed by atoms with Gasteiger partial charge in [-0.2, -0.15) is 0 Å². The summed E-state index contributed by atoms with van der Waals surface area (Å²) in [6.07, 6.45) is 0.197. The van der Waals surface area contributed by atoms with E-state index in [2.05, 4.69) is 5.32 Å². The van der Waals surface area contributed by atoms with E-state index in [0.717, 1.165) is 15.6 Å². The quantitative estimate of drug-likeness (QED) is 0.874. The molecule has 2 rings (SSSR count). The van der Waals surface area contributed by atoms with Crippen LogP contribution in [-0.4, -0.2) is 23.7 Å². The fourth-order valence-electron chi connectivity index (χ4n) is 1.64. The first kappa shape index (κ1) is 12.1. The van der Waals surface area contributed by atoms with Crippen molar-refractivity contribution >= 4 is 27.3 Å². The molecule has 0 aliphatic heterocycles. The van der Waals surface area contributed by atoms with Gasteiger partial charge in [0.15, 0.2) is 0 Å². The van der Waals surface area contributed by atoms with Crippen LogP contribution < -0.4 is 5.32 Å². The van der Waals surface area contributed by atoms with Gasteiger partial charge in [0.25, 0.3) is 5.91 Å². The maximum atomic E-state index is 11.9. The molecule has 1 amide bonds. The first-order valence-electron chi connectivity index (χ1n) is 5.61. The van der Waals surface area contributed by atoms with E-state index < -0.39 is 0 Å². The average Bonchev–Trinajstić information content (AvgIpc) is 2.72. The first-order valence-corrected chi connectivity index (χ1v) is 6.49. The SMILES string of the molecule is CC(O)CCNC(=O)c1csc2ccccc12. The molecule has 1 atom stereocenters. The summed E-state index contributed by atoms with van der Waals surface area (Å²) >= 11 is 1.57. The van der Waals surface area contributed by atoms with Crippen molar-refractivity contribution in [3.8, 4) is 0 Å². The molecule has 0 aliphatic rings. The summed E-state index contributed by atoms with van der Waals surface area (Å²) in [5.74, 6) is -0.0666. The summed E-state index contributed by atoms with van der Waals surface area (Å²) in [5.41, 5.74) is 0.719. The molecule has 0 radical (unpaired) electrons. The van der Waals surface area contributed by atoms with Gasteiger partial charge in [0.05, 0.1) is 11.7 Å². The molecular formula is C13H15NO2S. The summed E-state index contributed by atoms with van der Waals surface area (Å²) in [6, 6.07) is 7.86. The van der Waals surface area contributed by atoms with Gasteiger partial charge in [-0.1, -0.05) is 18.2 Å². The maximum absolute atomic E-state index is 11.9. The normalized spacial score (nSPS) is 12.6. The van der Waals surface area contributed by atoms with Crippen LogP contribution in [-0.2, 0) is 0 Å². The molecule has 1 heterocycles. The van der Waals surface area contributed by atoms with Gasteiger partial charge < -0.3 is 10.4 Å². The smallest absolute Gasteiger partial charge is 0.252 e. The second-order valence-electron chi connectivity index (χ2n) is 4.04. The number of benzene rings is 1. The third kappa shape index (κ3) is 2.84. The molecule has 3 nitrogen and oxygen atoms in total. The van der Waals surface area contributed by atoms with Gasteiger partial charge in [0.2, 0.25) is 0 Å². The maximum Gasteiger partial charge on any atom is 0.252 e. The predicted octanol–water partition coefficient (Wildman–Crippen LogP) is 2.40. The van der Waals surface area contributed by atoms with Crippen LogP contribution in [0.15, 0.2) is 29.6 Å². The van der Waals surface area contributed by atoms with Gasteiger partial charge in [-0.15, -0.1) is 11.3 Å². The number of carbonyl (C=O) groups is 1. The first-order chi connectivity index (χ1) is 8.18. The van der Waals surface area contributed by atoms with Crippen molar-refractivity contribution in [2.45, 2.75) is 19.4 Å². The molecule has 2 N–H and O–H groups in total. The largest absolute Gasteiger partial charge is 0.393 e. The minimum Gasteiger partial charge on any atom is -0.393 e. The lowest BCUT2D eigenvalue weighted by atomic mass is 10.1. The Kier molecular flexibility index (Phi) is 3.76. The van der Waals surface area contributed by atoms with Crippen LogP contribution in [0, 0.1) is 0 Å². The Hall–Kier alpha value is -1.39. The summed E-state index contributed by atoms with van der Waals surface area (Å²) in [4.78, 5) is 11.9. The van der Waals surface area contributed by atoms with Crippen molar-refractivity contribution in [3.05, 3.63) is 35.2 Å². The second-order valence-corrected chi connectivity index (χ2v) is 4.95. The molecule has 0 aliphatic carbocycles. The van der Waals surface area contributed by atoms with Crippen molar-refractivity contribution in [2.24, 2.45) is 0 Å². The van der Waals surface area contributed by atoms with Gasteiger partial charge in [0.1, 0.15) is 0 Å². The lowest BCUT2D eigenvalue weighted by Crippen LogP contribution is -2.26. The summed E-state index contributed by atoms with van der Waals surface area (Å²) in [5, 5.41) is 14.8. The number of nitrogens with one attached hydrogen (secondary N) is 1. The van der Waals surface area contributed by atoms with Crippen LogP contribution in [0.4, 0.5) is 0 Å². The zero-order chi connectivity index (χ0) is 12.3. The van der Waals surface area contributed by atoms with Crippen molar-refractivity contribution < 1.29 is 9.90 Å². The Morgan fingerprint density at radius 1 is 1.47 bits per heavy atom.